The van der Waals surface area contributed by atoms with Gasteiger partial charge in [0, 0.05) is 31.1 Å². The molecular weight excluding hydrogens is 502 g/mol. The minimum Gasteiger partial charge on any atom is -0.343 e. The van der Waals surface area contributed by atoms with Crippen molar-refractivity contribution < 1.29 is 31.9 Å². The first-order chi connectivity index (χ1) is 17.9. The van der Waals surface area contributed by atoms with E-state index in [1.165, 1.54) is 29.2 Å². The third-order valence-corrected chi connectivity index (χ3v) is 7.74. The fourth-order valence-electron chi connectivity index (χ4n) is 5.38. The van der Waals surface area contributed by atoms with E-state index in [-0.39, 0.29) is 42.6 Å². The Hall–Kier alpha value is -3.87. The van der Waals surface area contributed by atoms with Crippen molar-refractivity contribution in [1.82, 2.24) is 9.80 Å². The molecule has 0 atom stereocenters. The van der Waals surface area contributed by atoms with Gasteiger partial charge in [-0.3, -0.25) is 19.3 Å². The van der Waals surface area contributed by atoms with Gasteiger partial charge in [0.25, 0.3) is 5.91 Å². The Bertz CT molecular complexity index is 1340. The molecule has 5 rings (SSSR count). The predicted octanol–water partition coefficient (Wildman–Crippen LogP) is 3.97. The standard InChI is InChI=1S/C28H25F4N3O3/c1-3-17-6-11-23(22(29)12-17)34-16-24(36)35(15-18-4-7-20(8-5-18)28(30,31)32)27(26(34)38)13-19(14-27)25(37)33(2)21-9-10-21/h1,4-8,11-12,19,21H,9-10,13-16H2,2H3. The normalized spacial score (nSPS) is 23.3. The number of carbonyl (C=O) groups is 3. The Morgan fingerprint density at radius 1 is 1.13 bits per heavy atom. The Balaban J connectivity index is 1.46. The molecule has 2 saturated carbocycles. The molecule has 6 nitrogen and oxygen atoms in total. The van der Waals surface area contributed by atoms with Crippen molar-refractivity contribution in [2.45, 2.75) is 50.0 Å². The van der Waals surface area contributed by atoms with E-state index in [0.29, 0.717) is 5.56 Å². The smallest absolute Gasteiger partial charge is 0.343 e. The van der Waals surface area contributed by atoms with E-state index in [4.69, 9.17) is 6.42 Å². The van der Waals surface area contributed by atoms with Crippen molar-refractivity contribution in [1.29, 1.82) is 0 Å². The topological polar surface area (TPSA) is 60.9 Å². The number of anilines is 1. The average molecular weight is 528 g/mol. The SMILES string of the molecule is C#Cc1ccc(N2CC(=O)N(Cc3ccc(C(F)(F)F)cc3)C3(CC(C(=O)N(C)C4CC4)C3)C2=O)c(F)c1. The third kappa shape index (κ3) is 4.40. The number of alkyl halides is 3. The molecule has 3 amide bonds. The molecule has 2 aromatic carbocycles. The number of carbonyl (C=O) groups excluding carboxylic acids is 3. The van der Waals surface area contributed by atoms with Crippen LogP contribution in [0.4, 0.5) is 23.2 Å². The molecule has 2 aromatic rings. The van der Waals surface area contributed by atoms with E-state index < -0.39 is 47.4 Å². The van der Waals surface area contributed by atoms with Gasteiger partial charge < -0.3 is 9.80 Å². The zero-order valence-electron chi connectivity index (χ0n) is 20.6. The van der Waals surface area contributed by atoms with Crippen LogP contribution in [0.1, 0.15) is 42.4 Å². The van der Waals surface area contributed by atoms with Crippen LogP contribution in [-0.4, -0.2) is 52.7 Å². The van der Waals surface area contributed by atoms with Gasteiger partial charge in [-0.25, -0.2) is 4.39 Å². The van der Waals surface area contributed by atoms with Crippen LogP contribution < -0.4 is 4.90 Å². The molecular formula is C28H25F4N3O3. The first kappa shape index (κ1) is 25.8. The Kier molecular flexibility index (Phi) is 6.21. The Morgan fingerprint density at radius 2 is 1.79 bits per heavy atom. The number of piperazine rings is 1. The van der Waals surface area contributed by atoms with E-state index in [1.54, 1.807) is 11.9 Å². The van der Waals surface area contributed by atoms with E-state index in [9.17, 15) is 31.9 Å². The molecule has 0 unspecified atom stereocenters. The molecule has 1 heterocycles. The molecule has 1 spiro atoms. The molecule has 10 heteroatoms. The number of nitrogens with zero attached hydrogens (tertiary/aromatic N) is 3. The molecule has 2 aliphatic carbocycles. The quantitative estimate of drug-likeness (QED) is 0.437. The zero-order chi connectivity index (χ0) is 27.4. The first-order valence-electron chi connectivity index (χ1n) is 12.3. The molecule has 1 aliphatic heterocycles. The highest BCUT2D eigenvalue weighted by Gasteiger charge is 2.62. The van der Waals surface area contributed by atoms with Crippen molar-refractivity contribution in [2.24, 2.45) is 5.92 Å². The van der Waals surface area contributed by atoms with Gasteiger partial charge in [-0.05, 0) is 61.6 Å². The highest BCUT2D eigenvalue weighted by atomic mass is 19.4. The Morgan fingerprint density at radius 3 is 2.34 bits per heavy atom. The maximum atomic E-state index is 14.9. The average Bonchev–Trinajstić information content (AvgIpc) is 3.70. The lowest BCUT2D eigenvalue weighted by atomic mass is 9.64. The van der Waals surface area contributed by atoms with E-state index in [0.717, 1.165) is 35.9 Å². The number of amides is 3. The summed E-state index contributed by atoms with van der Waals surface area (Å²) in [6, 6.07) is 8.46. The summed E-state index contributed by atoms with van der Waals surface area (Å²) in [5.74, 6) is -0.0824. The van der Waals surface area contributed by atoms with E-state index >= 15 is 0 Å². The minimum absolute atomic E-state index is 0.0503. The number of benzene rings is 2. The van der Waals surface area contributed by atoms with Gasteiger partial charge in [-0.15, -0.1) is 6.42 Å². The highest BCUT2D eigenvalue weighted by molar-refractivity contribution is 6.10. The van der Waals surface area contributed by atoms with Crippen molar-refractivity contribution in [3.05, 3.63) is 65.0 Å². The minimum atomic E-state index is -4.51. The maximum Gasteiger partial charge on any atom is 0.416 e. The summed E-state index contributed by atoms with van der Waals surface area (Å²) in [7, 11) is 1.72. The van der Waals surface area contributed by atoms with Crippen LogP contribution in [0.15, 0.2) is 42.5 Å². The fourth-order valence-corrected chi connectivity index (χ4v) is 5.38. The van der Waals surface area contributed by atoms with Crippen LogP contribution in [0.3, 0.4) is 0 Å². The van der Waals surface area contributed by atoms with Crippen LogP contribution >= 0.6 is 0 Å². The third-order valence-electron chi connectivity index (χ3n) is 7.74. The summed E-state index contributed by atoms with van der Waals surface area (Å²) in [4.78, 5) is 44.4. The lowest BCUT2D eigenvalue weighted by Crippen LogP contribution is -2.73. The molecule has 0 aromatic heterocycles. The number of hydrogen-bond donors (Lipinski definition) is 0. The summed E-state index contributed by atoms with van der Waals surface area (Å²) in [6.45, 7) is -0.567. The van der Waals surface area contributed by atoms with Crippen LogP contribution in [-0.2, 0) is 27.1 Å². The van der Waals surface area contributed by atoms with Crippen LogP contribution in [0.2, 0.25) is 0 Å². The molecule has 38 heavy (non-hydrogen) atoms. The van der Waals surface area contributed by atoms with Gasteiger partial charge in [0.15, 0.2) is 0 Å². The second-order valence-corrected chi connectivity index (χ2v) is 10.2. The van der Waals surface area contributed by atoms with Crippen molar-refractivity contribution in [2.75, 3.05) is 18.5 Å². The molecule has 1 saturated heterocycles. The van der Waals surface area contributed by atoms with Gasteiger partial charge in [0.1, 0.15) is 17.9 Å². The predicted molar refractivity (Wildman–Crippen MR) is 130 cm³/mol. The summed E-state index contributed by atoms with van der Waals surface area (Å²) < 4.78 is 54.0. The molecule has 0 bridgehead atoms. The summed E-state index contributed by atoms with van der Waals surface area (Å²) in [6.07, 6.45) is 2.75. The molecule has 3 fully saturated rings. The van der Waals surface area contributed by atoms with Gasteiger partial charge in [0.2, 0.25) is 11.8 Å². The van der Waals surface area contributed by atoms with E-state index in [2.05, 4.69) is 5.92 Å². The van der Waals surface area contributed by atoms with Gasteiger partial charge >= 0.3 is 6.18 Å². The molecule has 0 radical (unpaired) electrons. The van der Waals surface area contributed by atoms with Crippen LogP contribution in [0.5, 0.6) is 0 Å². The maximum absolute atomic E-state index is 14.9. The number of rotatable bonds is 5. The van der Waals surface area contributed by atoms with Gasteiger partial charge in [-0.1, -0.05) is 18.1 Å². The van der Waals surface area contributed by atoms with E-state index in [1.807, 2.05) is 0 Å². The molecule has 3 aliphatic rings. The highest BCUT2D eigenvalue weighted by Crippen LogP contribution is 2.49. The second-order valence-electron chi connectivity index (χ2n) is 10.2. The van der Waals surface area contributed by atoms with Crippen LogP contribution in [0.25, 0.3) is 0 Å². The van der Waals surface area contributed by atoms with Crippen molar-refractivity contribution in [3.8, 4) is 12.3 Å². The fraction of sp³-hybridized carbons (Fsp3) is 0.393. The summed E-state index contributed by atoms with van der Waals surface area (Å²) >= 11 is 0. The van der Waals surface area contributed by atoms with Crippen LogP contribution in [0, 0.1) is 24.1 Å². The zero-order valence-corrected chi connectivity index (χ0v) is 20.6. The largest absolute Gasteiger partial charge is 0.416 e. The number of terminal acetylenes is 1. The van der Waals surface area contributed by atoms with Crippen molar-refractivity contribution >= 4 is 23.4 Å². The van der Waals surface area contributed by atoms with Gasteiger partial charge in [0.05, 0.1) is 11.3 Å². The van der Waals surface area contributed by atoms with Crippen molar-refractivity contribution in [3.63, 3.8) is 0 Å². The molecule has 0 N–H and O–H groups in total. The second kappa shape index (κ2) is 9.15. The summed E-state index contributed by atoms with van der Waals surface area (Å²) in [5, 5.41) is 0. The lowest BCUT2D eigenvalue weighted by molar-refractivity contribution is -0.167. The molecule has 198 valence electrons. The summed E-state index contributed by atoms with van der Waals surface area (Å²) in [5.41, 5.74) is -1.66. The van der Waals surface area contributed by atoms with Gasteiger partial charge in [-0.2, -0.15) is 13.2 Å². The number of hydrogen-bond acceptors (Lipinski definition) is 3. The monoisotopic (exact) mass is 527 g/mol. The number of halogens is 4. The Labute approximate surface area is 217 Å². The first-order valence-corrected chi connectivity index (χ1v) is 12.3. The lowest BCUT2D eigenvalue weighted by Gasteiger charge is -2.56.